The van der Waals surface area contributed by atoms with Crippen molar-refractivity contribution in [2.24, 2.45) is 0 Å². The molecule has 4 nitrogen and oxygen atoms in total. The first kappa shape index (κ1) is 17.3. The molecule has 1 aliphatic rings. The number of pyridine rings is 1. The van der Waals surface area contributed by atoms with Crippen LogP contribution in [0.1, 0.15) is 34.1 Å². The molecular formula is C23H23N3O. The minimum absolute atomic E-state index is 0.0496. The van der Waals surface area contributed by atoms with Crippen LogP contribution in [-0.4, -0.2) is 16.9 Å². The lowest BCUT2D eigenvalue weighted by molar-refractivity contribution is 0.0976. The van der Waals surface area contributed by atoms with Crippen molar-refractivity contribution in [2.45, 2.75) is 32.9 Å². The van der Waals surface area contributed by atoms with Crippen LogP contribution < -0.4 is 10.2 Å². The van der Waals surface area contributed by atoms with Gasteiger partial charge in [0.2, 0.25) is 0 Å². The Labute approximate surface area is 159 Å². The zero-order chi connectivity index (χ0) is 18.8. The Kier molecular flexibility index (Phi) is 4.63. The first-order chi connectivity index (χ1) is 13.1. The van der Waals surface area contributed by atoms with Crippen molar-refractivity contribution >= 4 is 17.3 Å². The van der Waals surface area contributed by atoms with E-state index in [-0.39, 0.29) is 11.9 Å². The highest BCUT2D eigenvalue weighted by Crippen LogP contribution is 2.33. The number of aryl methyl sites for hydroxylation is 1. The van der Waals surface area contributed by atoms with Crippen LogP contribution in [-0.2, 0) is 13.0 Å². The first-order valence-corrected chi connectivity index (χ1v) is 9.29. The van der Waals surface area contributed by atoms with Gasteiger partial charge in [0.15, 0.2) is 0 Å². The topological polar surface area (TPSA) is 45.2 Å². The van der Waals surface area contributed by atoms with Crippen LogP contribution in [0.15, 0.2) is 66.9 Å². The summed E-state index contributed by atoms with van der Waals surface area (Å²) >= 11 is 0. The predicted molar refractivity (Wildman–Crippen MR) is 109 cm³/mol. The van der Waals surface area contributed by atoms with Gasteiger partial charge in [-0.05, 0) is 49.6 Å². The number of aromatic nitrogens is 1. The fraction of sp³-hybridized carbons (Fsp3) is 0.217. The van der Waals surface area contributed by atoms with E-state index in [1.54, 1.807) is 6.20 Å². The fourth-order valence-corrected chi connectivity index (χ4v) is 3.57. The Morgan fingerprint density at radius 1 is 1.15 bits per heavy atom. The molecule has 0 radical (unpaired) electrons. The SMILES string of the molecule is Cc1ccc(CNc2ccnc(C(=O)N3c4ccccc4CC3C)c2)cc1. The highest BCUT2D eigenvalue weighted by atomic mass is 16.2. The molecule has 3 aromatic rings. The smallest absolute Gasteiger partial charge is 0.277 e. The highest BCUT2D eigenvalue weighted by molar-refractivity contribution is 6.06. The molecule has 136 valence electrons. The van der Waals surface area contributed by atoms with Crippen molar-refractivity contribution in [2.75, 3.05) is 10.2 Å². The van der Waals surface area contributed by atoms with Gasteiger partial charge in [0.05, 0.1) is 0 Å². The second-order valence-corrected chi connectivity index (χ2v) is 7.13. The highest BCUT2D eigenvalue weighted by Gasteiger charge is 2.31. The van der Waals surface area contributed by atoms with Crippen LogP contribution in [0.3, 0.4) is 0 Å². The molecule has 1 N–H and O–H groups in total. The minimum Gasteiger partial charge on any atom is -0.381 e. The Morgan fingerprint density at radius 3 is 2.74 bits per heavy atom. The standard InChI is InChI=1S/C23H23N3O/c1-16-7-9-18(10-8-16)15-25-20-11-12-24-21(14-20)23(27)26-17(2)13-19-5-3-4-6-22(19)26/h3-12,14,17H,13,15H2,1-2H3,(H,24,25). The third-order valence-corrected chi connectivity index (χ3v) is 5.02. The summed E-state index contributed by atoms with van der Waals surface area (Å²) in [5.74, 6) is -0.0496. The summed E-state index contributed by atoms with van der Waals surface area (Å²) in [7, 11) is 0. The molecule has 2 aromatic carbocycles. The summed E-state index contributed by atoms with van der Waals surface area (Å²) in [6.07, 6.45) is 2.57. The van der Waals surface area contributed by atoms with Crippen molar-refractivity contribution in [1.29, 1.82) is 0 Å². The number of fused-ring (bicyclic) bond motifs is 1. The summed E-state index contributed by atoms with van der Waals surface area (Å²) in [5.41, 5.74) is 6.02. The van der Waals surface area contributed by atoms with Gasteiger partial charge in [-0.1, -0.05) is 48.0 Å². The van der Waals surface area contributed by atoms with Crippen molar-refractivity contribution in [3.05, 3.63) is 89.2 Å². The Balaban J connectivity index is 1.52. The average Bonchev–Trinajstić information content (AvgIpc) is 3.03. The molecule has 1 amide bonds. The molecule has 4 heteroatoms. The predicted octanol–water partition coefficient (Wildman–Crippen LogP) is 4.59. The third-order valence-electron chi connectivity index (χ3n) is 5.02. The number of hydrogen-bond acceptors (Lipinski definition) is 3. The first-order valence-electron chi connectivity index (χ1n) is 9.29. The zero-order valence-corrected chi connectivity index (χ0v) is 15.6. The van der Waals surface area contributed by atoms with Crippen LogP contribution in [0.25, 0.3) is 0 Å². The van der Waals surface area contributed by atoms with Crippen LogP contribution in [0.4, 0.5) is 11.4 Å². The summed E-state index contributed by atoms with van der Waals surface area (Å²) in [6, 6.07) is 20.4. The van der Waals surface area contributed by atoms with Crippen LogP contribution in [0.2, 0.25) is 0 Å². The van der Waals surface area contributed by atoms with E-state index in [0.717, 1.165) is 17.8 Å². The summed E-state index contributed by atoms with van der Waals surface area (Å²) in [5, 5.41) is 3.39. The molecule has 1 atom stereocenters. The number of amides is 1. The van der Waals surface area contributed by atoms with E-state index in [1.165, 1.54) is 16.7 Å². The fourth-order valence-electron chi connectivity index (χ4n) is 3.57. The van der Waals surface area contributed by atoms with Gasteiger partial charge in [-0.25, -0.2) is 0 Å². The number of benzene rings is 2. The minimum atomic E-state index is -0.0496. The Hall–Kier alpha value is -3.14. The van der Waals surface area contributed by atoms with E-state index in [0.29, 0.717) is 12.2 Å². The molecule has 27 heavy (non-hydrogen) atoms. The number of nitrogens with zero attached hydrogens (tertiary/aromatic N) is 2. The molecule has 0 spiro atoms. The number of nitrogens with one attached hydrogen (secondary N) is 1. The van der Waals surface area contributed by atoms with Crippen molar-refractivity contribution in [3.63, 3.8) is 0 Å². The normalized spacial score (nSPS) is 15.5. The molecule has 0 fully saturated rings. The zero-order valence-electron chi connectivity index (χ0n) is 15.6. The lowest BCUT2D eigenvalue weighted by atomic mass is 10.1. The molecule has 0 aliphatic carbocycles. The van der Waals surface area contributed by atoms with Gasteiger partial charge in [0.1, 0.15) is 5.69 Å². The number of rotatable bonds is 4. The second-order valence-electron chi connectivity index (χ2n) is 7.13. The summed E-state index contributed by atoms with van der Waals surface area (Å²) < 4.78 is 0. The van der Waals surface area contributed by atoms with E-state index in [4.69, 9.17) is 0 Å². The average molecular weight is 357 g/mol. The van der Waals surface area contributed by atoms with Crippen LogP contribution >= 0.6 is 0 Å². The monoisotopic (exact) mass is 357 g/mol. The summed E-state index contributed by atoms with van der Waals surface area (Å²) in [4.78, 5) is 19.3. The molecule has 0 bridgehead atoms. The van der Waals surface area contributed by atoms with Crippen LogP contribution in [0, 0.1) is 6.92 Å². The van der Waals surface area contributed by atoms with E-state index in [9.17, 15) is 4.79 Å². The maximum absolute atomic E-state index is 13.1. The molecule has 1 aliphatic heterocycles. The van der Waals surface area contributed by atoms with Gasteiger partial charge in [0.25, 0.3) is 5.91 Å². The van der Waals surface area contributed by atoms with Gasteiger partial charge in [-0.2, -0.15) is 0 Å². The molecule has 2 heterocycles. The molecule has 1 unspecified atom stereocenters. The number of anilines is 2. The Morgan fingerprint density at radius 2 is 1.93 bits per heavy atom. The number of carbonyl (C=O) groups is 1. The van der Waals surface area contributed by atoms with Crippen LogP contribution in [0.5, 0.6) is 0 Å². The van der Waals surface area contributed by atoms with Gasteiger partial charge < -0.3 is 10.2 Å². The van der Waals surface area contributed by atoms with E-state index in [1.807, 2.05) is 35.2 Å². The molecular weight excluding hydrogens is 334 g/mol. The molecule has 1 aromatic heterocycles. The number of para-hydroxylation sites is 1. The van der Waals surface area contributed by atoms with Crippen molar-refractivity contribution < 1.29 is 4.79 Å². The van der Waals surface area contributed by atoms with Gasteiger partial charge in [-0.15, -0.1) is 0 Å². The van der Waals surface area contributed by atoms with E-state index < -0.39 is 0 Å². The third kappa shape index (κ3) is 3.56. The maximum atomic E-state index is 13.1. The largest absolute Gasteiger partial charge is 0.381 e. The van der Waals surface area contributed by atoms with Crippen molar-refractivity contribution in [1.82, 2.24) is 4.98 Å². The molecule has 0 saturated carbocycles. The molecule has 4 rings (SSSR count). The van der Waals surface area contributed by atoms with Gasteiger partial charge in [-0.3, -0.25) is 9.78 Å². The van der Waals surface area contributed by atoms with Crippen molar-refractivity contribution in [3.8, 4) is 0 Å². The van der Waals surface area contributed by atoms with Gasteiger partial charge >= 0.3 is 0 Å². The lowest BCUT2D eigenvalue weighted by Gasteiger charge is -2.22. The summed E-state index contributed by atoms with van der Waals surface area (Å²) in [6.45, 7) is 4.87. The lowest BCUT2D eigenvalue weighted by Crippen LogP contribution is -2.36. The van der Waals surface area contributed by atoms with E-state index in [2.05, 4.69) is 54.5 Å². The van der Waals surface area contributed by atoms with E-state index >= 15 is 0 Å². The van der Waals surface area contributed by atoms with Gasteiger partial charge in [0, 0.05) is 30.2 Å². The number of hydrogen-bond donors (Lipinski definition) is 1. The maximum Gasteiger partial charge on any atom is 0.277 e. The second kappa shape index (κ2) is 7.23. The molecule has 0 saturated heterocycles. The quantitative estimate of drug-likeness (QED) is 0.742. The Bertz CT molecular complexity index is 965. The number of carbonyl (C=O) groups excluding carboxylic acids is 1.